The highest BCUT2D eigenvalue weighted by atomic mass is 32.1. The van der Waals surface area contributed by atoms with Gasteiger partial charge in [0.2, 0.25) is 17.6 Å². The highest BCUT2D eigenvalue weighted by Gasteiger charge is 2.46. The molecule has 0 bridgehead atoms. The van der Waals surface area contributed by atoms with Crippen molar-refractivity contribution in [3.8, 4) is 0 Å². The van der Waals surface area contributed by atoms with Gasteiger partial charge >= 0.3 is 0 Å². The van der Waals surface area contributed by atoms with Crippen molar-refractivity contribution in [3.05, 3.63) is 29.3 Å². The van der Waals surface area contributed by atoms with Gasteiger partial charge in [-0.1, -0.05) is 24.8 Å². The summed E-state index contributed by atoms with van der Waals surface area (Å²) >= 11 is 1.32. The largest absolute Gasteiger partial charge is 0.374 e. The van der Waals surface area contributed by atoms with Crippen molar-refractivity contribution >= 4 is 46.0 Å². The topological polar surface area (TPSA) is 105 Å². The van der Waals surface area contributed by atoms with Crippen LogP contribution in [0.4, 0.5) is 0 Å². The summed E-state index contributed by atoms with van der Waals surface area (Å²) in [5, 5.41) is 3.06. The van der Waals surface area contributed by atoms with Gasteiger partial charge in [-0.2, -0.15) is 0 Å². The Morgan fingerprint density at radius 2 is 2.08 bits per heavy atom. The maximum atomic E-state index is 12.5. The van der Waals surface area contributed by atoms with Crippen LogP contribution >= 0.6 is 11.3 Å². The Labute approximate surface area is 155 Å². The quantitative estimate of drug-likeness (QED) is 0.615. The molecule has 3 heterocycles. The summed E-state index contributed by atoms with van der Waals surface area (Å²) in [7, 11) is 0. The third-order valence-electron chi connectivity index (χ3n) is 5.14. The van der Waals surface area contributed by atoms with Crippen LogP contribution in [0.3, 0.4) is 0 Å². The zero-order valence-corrected chi connectivity index (χ0v) is 15.0. The first-order valence-electron chi connectivity index (χ1n) is 8.79. The number of rotatable bonds is 4. The Hall–Kier alpha value is -2.26. The third-order valence-corrected chi connectivity index (χ3v) is 6.22. The number of nitrogens with two attached hydrogens (primary N) is 1. The average molecular weight is 370 g/mol. The van der Waals surface area contributed by atoms with E-state index in [1.165, 1.54) is 11.3 Å². The maximum absolute atomic E-state index is 12.5. The van der Waals surface area contributed by atoms with Crippen molar-refractivity contribution < 1.29 is 14.4 Å². The van der Waals surface area contributed by atoms with Crippen molar-refractivity contribution in [3.63, 3.8) is 0 Å². The van der Waals surface area contributed by atoms with Gasteiger partial charge in [-0.15, -0.1) is 11.3 Å². The fourth-order valence-corrected chi connectivity index (χ4v) is 4.70. The summed E-state index contributed by atoms with van der Waals surface area (Å²) in [5.41, 5.74) is 6.62. The molecule has 0 saturated carbocycles. The van der Waals surface area contributed by atoms with E-state index >= 15 is 0 Å². The molecule has 26 heavy (non-hydrogen) atoms. The molecule has 7 nitrogen and oxygen atoms in total. The van der Waals surface area contributed by atoms with E-state index in [1.54, 1.807) is 4.81 Å². The molecule has 2 amide bonds. The van der Waals surface area contributed by atoms with Crippen LogP contribution < -0.4 is 11.1 Å². The standard InChI is InChI=1S/C17H19BN4O3S/c19-10-5-7-18-8-6-12(22(18)17(10)25)15(24)20-9-13(23)16-21-11-3-1-2-4-14(11)26-16/h1-4,10,12H,5-9,19H2,(H,20,24)/t10?,12-/m0/s1. The summed E-state index contributed by atoms with van der Waals surface area (Å²) in [6.07, 6.45) is 2.93. The van der Waals surface area contributed by atoms with Gasteiger partial charge in [0.05, 0.1) is 28.8 Å². The number of thiazole rings is 1. The van der Waals surface area contributed by atoms with Crippen LogP contribution in [0.2, 0.25) is 12.6 Å². The second kappa shape index (κ2) is 6.81. The van der Waals surface area contributed by atoms with Crippen molar-refractivity contribution in [1.82, 2.24) is 15.1 Å². The molecule has 0 aliphatic carbocycles. The molecule has 1 aromatic heterocycles. The van der Waals surface area contributed by atoms with Crippen LogP contribution in [-0.2, 0) is 9.59 Å². The van der Waals surface area contributed by atoms with E-state index in [2.05, 4.69) is 10.3 Å². The molecular formula is C17H19BN4O3S. The van der Waals surface area contributed by atoms with Crippen LogP contribution in [0.25, 0.3) is 10.2 Å². The minimum Gasteiger partial charge on any atom is -0.374 e. The Bertz CT molecular complexity index is 853. The minimum atomic E-state index is -0.526. The lowest BCUT2D eigenvalue weighted by Crippen LogP contribution is -2.58. The Balaban J connectivity index is 1.40. The molecule has 2 saturated heterocycles. The fraction of sp³-hybridized carbons (Fsp3) is 0.412. The Morgan fingerprint density at radius 1 is 1.31 bits per heavy atom. The van der Waals surface area contributed by atoms with Gasteiger partial charge in [0.25, 0.3) is 6.85 Å². The molecule has 134 valence electrons. The summed E-state index contributed by atoms with van der Waals surface area (Å²) in [6, 6.07) is 6.48. The van der Waals surface area contributed by atoms with E-state index in [0.29, 0.717) is 17.8 Å². The minimum absolute atomic E-state index is 0.0954. The lowest BCUT2D eigenvalue weighted by molar-refractivity contribution is -0.136. The van der Waals surface area contributed by atoms with Gasteiger partial charge in [0, 0.05) is 0 Å². The molecule has 2 atom stereocenters. The SMILES string of the molecule is NC1CCB2CC[C@@H](C(=O)NCC(=O)c3nc4ccccc4s3)N2C1=O. The van der Waals surface area contributed by atoms with Crippen molar-refractivity contribution in [1.29, 1.82) is 0 Å². The van der Waals surface area contributed by atoms with Crippen LogP contribution in [0.5, 0.6) is 0 Å². The van der Waals surface area contributed by atoms with E-state index < -0.39 is 12.1 Å². The molecule has 2 aromatic rings. The third kappa shape index (κ3) is 3.01. The van der Waals surface area contributed by atoms with Gasteiger partial charge in [-0.25, -0.2) is 4.98 Å². The van der Waals surface area contributed by atoms with Gasteiger partial charge < -0.3 is 15.9 Å². The number of Topliss-reactive ketones (excluding diaryl/α,β-unsaturated/α-hetero) is 1. The van der Waals surface area contributed by atoms with Gasteiger partial charge in [-0.3, -0.25) is 14.4 Å². The molecule has 3 N–H and O–H groups in total. The Kier molecular flexibility index (Phi) is 4.50. The van der Waals surface area contributed by atoms with Crippen molar-refractivity contribution in [2.75, 3.05) is 6.54 Å². The zero-order valence-electron chi connectivity index (χ0n) is 14.2. The van der Waals surface area contributed by atoms with E-state index in [4.69, 9.17) is 5.73 Å². The number of hydrogen-bond acceptors (Lipinski definition) is 6. The average Bonchev–Trinajstić information content (AvgIpc) is 3.26. The summed E-state index contributed by atoms with van der Waals surface area (Å²) in [6.45, 7) is -0.0218. The lowest BCUT2D eigenvalue weighted by atomic mass is 9.53. The molecular weight excluding hydrogens is 351 g/mol. The van der Waals surface area contributed by atoms with Gasteiger partial charge in [0.1, 0.15) is 0 Å². The molecule has 2 aliphatic rings. The summed E-state index contributed by atoms with van der Waals surface area (Å²) in [5.74, 6) is -0.670. The second-order valence-electron chi connectivity index (χ2n) is 6.80. The lowest BCUT2D eigenvalue weighted by Gasteiger charge is -2.35. The number of fused-ring (bicyclic) bond motifs is 2. The molecule has 2 fully saturated rings. The fourth-order valence-electron chi connectivity index (χ4n) is 3.80. The second-order valence-corrected chi connectivity index (χ2v) is 7.83. The predicted octanol–water partition coefficient (Wildman–Crippen LogP) is 0.919. The number of amides is 2. The van der Waals surface area contributed by atoms with Crippen molar-refractivity contribution in [2.45, 2.75) is 37.6 Å². The van der Waals surface area contributed by atoms with Gasteiger partial charge in [0.15, 0.2) is 5.01 Å². The van der Waals surface area contributed by atoms with E-state index in [0.717, 1.165) is 22.9 Å². The molecule has 9 heteroatoms. The number of hydrogen-bond donors (Lipinski definition) is 2. The zero-order chi connectivity index (χ0) is 18.3. The number of ketones is 1. The number of para-hydroxylation sites is 1. The number of aromatic nitrogens is 1. The molecule has 4 rings (SSSR count). The van der Waals surface area contributed by atoms with E-state index in [9.17, 15) is 14.4 Å². The van der Waals surface area contributed by atoms with Crippen LogP contribution in [0, 0.1) is 0 Å². The number of carbonyl (C=O) groups is 3. The van der Waals surface area contributed by atoms with E-state index in [-0.39, 0.29) is 31.0 Å². The summed E-state index contributed by atoms with van der Waals surface area (Å²) < 4.78 is 0.939. The smallest absolute Gasteiger partial charge is 0.259 e. The first-order valence-corrected chi connectivity index (χ1v) is 9.60. The predicted molar refractivity (Wildman–Crippen MR) is 100 cm³/mol. The van der Waals surface area contributed by atoms with Crippen LogP contribution in [0.1, 0.15) is 22.6 Å². The number of nitrogens with zero attached hydrogens (tertiary/aromatic N) is 2. The van der Waals surface area contributed by atoms with Crippen LogP contribution in [-0.4, -0.2) is 52.9 Å². The molecule has 0 radical (unpaired) electrons. The van der Waals surface area contributed by atoms with E-state index in [1.807, 2.05) is 24.3 Å². The molecule has 1 aromatic carbocycles. The number of nitrogens with one attached hydrogen (secondary N) is 1. The van der Waals surface area contributed by atoms with Crippen molar-refractivity contribution in [2.24, 2.45) is 5.73 Å². The first-order chi connectivity index (χ1) is 12.5. The first kappa shape index (κ1) is 17.2. The molecule has 1 unspecified atom stereocenters. The highest BCUT2D eigenvalue weighted by Crippen LogP contribution is 2.30. The Morgan fingerprint density at radius 3 is 2.88 bits per heavy atom. The summed E-state index contributed by atoms with van der Waals surface area (Å²) in [4.78, 5) is 43.2. The monoisotopic (exact) mass is 370 g/mol. The number of carbonyl (C=O) groups excluding carboxylic acids is 3. The van der Waals surface area contributed by atoms with Gasteiger partial charge in [-0.05, 0) is 25.0 Å². The number of benzene rings is 1. The molecule has 0 spiro atoms. The highest BCUT2D eigenvalue weighted by molar-refractivity contribution is 7.20. The molecule has 2 aliphatic heterocycles. The van der Waals surface area contributed by atoms with Crippen LogP contribution in [0.15, 0.2) is 24.3 Å². The maximum Gasteiger partial charge on any atom is 0.259 e. The normalized spacial score (nSPS) is 22.6.